The molecule has 0 spiro atoms. The zero-order valence-corrected chi connectivity index (χ0v) is 12.1. The van der Waals surface area contributed by atoms with Gasteiger partial charge in [-0.3, -0.25) is 4.90 Å². The summed E-state index contributed by atoms with van der Waals surface area (Å²) in [4.78, 5) is 2.23. The highest BCUT2D eigenvalue weighted by molar-refractivity contribution is 5.24. The number of nitrogens with zero attached hydrogens (tertiary/aromatic N) is 1. The molecular formula is C16H24FNO2. The maximum absolute atomic E-state index is 13.5. The molecule has 112 valence electrons. The third-order valence-electron chi connectivity index (χ3n) is 4.25. The summed E-state index contributed by atoms with van der Waals surface area (Å²) in [6.07, 6.45) is 3.52. The van der Waals surface area contributed by atoms with Crippen molar-refractivity contribution in [3.63, 3.8) is 0 Å². The molecule has 1 aliphatic carbocycles. The van der Waals surface area contributed by atoms with Crippen molar-refractivity contribution in [1.82, 2.24) is 4.90 Å². The molecule has 1 aromatic carbocycles. The Bertz CT molecular complexity index is 434. The molecule has 1 atom stereocenters. The normalized spacial score (nSPS) is 17.2. The minimum atomic E-state index is -0.647. The fourth-order valence-electron chi connectivity index (χ4n) is 2.63. The van der Waals surface area contributed by atoms with Crippen LogP contribution in [-0.2, 0) is 0 Å². The number of hydrogen-bond donors (Lipinski definition) is 2. The van der Waals surface area contributed by atoms with Gasteiger partial charge in [0.05, 0.1) is 12.7 Å². The zero-order chi connectivity index (χ0) is 14.5. The first-order valence-electron chi connectivity index (χ1n) is 7.41. The van der Waals surface area contributed by atoms with Crippen LogP contribution < -0.4 is 0 Å². The SMILES string of the molecule is Cc1ccc(C(O)CCN(CCO)C2CCC2)cc1F. The van der Waals surface area contributed by atoms with Crippen molar-refractivity contribution in [2.45, 2.75) is 44.8 Å². The largest absolute Gasteiger partial charge is 0.395 e. The van der Waals surface area contributed by atoms with Gasteiger partial charge in [-0.1, -0.05) is 18.6 Å². The Hall–Kier alpha value is -0.970. The molecule has 0 amide bonds. The number of rotatable bonds is 7. The first-order valence-corrected chi connectivity index (χ1v) is 7.41. The van der Waals surface area contributed by atoms with Crippen LogP contribution in [0.4, 0.5) is 4.39 Å². The topological polar surface area (TPSA) is 43.7 Å². The van der Waals surface area contributed by atoms with Gasteiger partial charge in [-0.2, -0.15) is 0 Å². The van der Waals surface area contributed by atoms with Gasteiger partial charge >= 0.3 is 0 Å². The molecule has 1 aliphatic rings. The number of aliphatic hydroxyl groups excluding tert-OH is 2. The minimum Gasteiger partial charge on any atom is -0.395 e. The summed E-state index contributed by atoms with van der Waals surface area (Å²) in [5.41, 5.74) is 1.22. The molecular weight excluding hydrogens is 257 g/mol. The van der Waals surface area contributed by atoms with Crippen LogP contribution in [0.2, 0.25) is 0 Å². The van der Waals surface area contributed by atoms with E-state index in [-0.39, 0.29) is 12.4 Å². The molecule has 1 aromatic rings. The summed E-state index contributed by atoms with van der Waals surface area (Å²) in [5.74, 6) is -0.271. The fourth-order valence-corrected chi connectivity index (χ4v) is 2.63. The van der Waals surface area contributed by atoms with Crippen LogP contribution in [0.25, 0.3) is 0 Å². The Morgan fingerprint density at radius 2 is 2.10 bits per heavy atom. The molecule has 0 radical (unpaired) electrons. The van der Waals surface area contributed by atoms with Crippen LogP contribution in [0.3, 0.4) is 0 Å². The molecule has 1 unspecified atom stereocenters. The summed E-state index contributed by atoms with van der Waals surface area (Å²) in [5, 5.41) is 19.3. The zero-order valence-electron chi connectivity index (χ0n) is 12.1. The van der Waals surface area contributed by atoms with Gasteiger partial charge in [-0.05, 0) is 43.4 Å². The molecule has 0 aromatic heterocycles. The number of aliphatic hydroxyl groups is 2. The Balaban J connectivity index is 1.89. The lowest BCUT2D eigenvalue weighted by molar-refractivity contribution is 0.0764. The van der Waals surface area contributed by atoms with E-state index in [4.69, 9.17) is 5.11 Å². The average molecular weight is 281 g/mol. The molecule has 2 rings (SSSR count). The highest BCUT2D eigenvalue weighted by Gasteiger charge is 2.24. The Morgan fingerprint density at radius 1 is 1.35 bits per heavy atom. The molecule has 1 fully saturated rings. The van der Waals surface area contributed by atoms with Crippen molar-refractivity contribution in [2.75, 3.05) is 19.7 Å². The third kappa shape index (κ3) is 3.78. The molecule has 2 N–H and O–H groups in total. The first kappa shape index (κ1) is 15.4. The maximum atomic E-state index is 13.5. The summed E-state index contributed by atoms with van der Waals surface area (Å²) < 4.78 is 13.5. The van der Waals surface area contributed by atoms with Gasteiger partial charge in [0.2, 0.25) is 0 Å². The summed E-state index contributed by atoms with van der Waals surface area (Å²) >= 11 is 0. The van der Waals surface area contributed by atoms with Crippen LogP contribution in [-0.4, -0.2) is 40.9 Å². The standard InChI is InChI=1S/C16H24FNO2/c1-12-5-6-13(11-15(12)17)16(20)7-8-18(9-10-19)14-3-2-4-14/h5-6,11,14,16,19-20H,2-4,7-10H2,1H3. The molecule has 20 heavy (non-hydrogen) atoms. The molecule has 0 saturated heterocycles. The van der Waals surface area contributed by atoms with E-state index in [1.165, 1.54) is 25.3 Å². The van der Waals surface area contributed by atoms with Gasteiger partial charge < -0.3 is 10.2 Å². The van der Waals surface area contributed by atoms with Gasteiger partial charge in [-0.15, -0.1) is 0 Å². The predicted molar refractivity (Wildman–Crippen MR) is 77.0 cm³/mol. The summed E-state index contributed by atoms with van der Waals surface area (Å²) in [6.45, 7) is 3.25. The van der Waals surface area contributed by atoms with Gasteiger partial charge in [0.15, 0.2) is 0 Å². The van der Waals surface area contributed by atoms with E-state index in [0.717, 1.165) is 6.54 Å². The Labute approximate surface area is 120 Å². The third-order valence-corrected chi connectivity index (χ3v) is 4.25. The summed E-state index contributed by atoms with van der Waals surface area (Å²) in [7, 11) is 0. The molecule has 0 bridgehead atoms. The highest BCUT2D eigenvalue weighted by Crippen LogP contribution is 2.26. The van der Waals surface area contributed by atoms with Crippen molar-refractivity contribution in [3.05, 3.63) is 35.1 Å². The maximum Gasteiger partial charge on any atom is 0.126 e. The Kier molecular flexibility index (Phi) is 5.52. The van der Waals surface area contributed by atoms with Crippen molar-refractivity contribution >= 4 is 0 Å². The second kappa shape index (κ2) is 7.16. The molecule has 0 heterocycles. The number of benzene rings is 1. The van der Waals surface area contributed by atoms with Gasteiger partial charge in [0, 0.05) is 19.1 Å². The van der Waals surface area contributed by atoms with Crippen LogP contribution in [0.1, 0.15) is 42.9 Å². The highest BCUT2D eigenvalue weighted by atomic mass is 19.1. The first-order chi connectivity index (χ1) is 9.61. The van der Waals surface area contributed by atoms with E-state index in [1.54, 1.807) is 19.1 Å². The quantitative estimate of drug-likeness (QED) is 0.806. The number of aryl methyl sites for hydroxylation is 1. The average Bonchev–Trinajstić information content (AvgIpc) is 2.37. The Morgan fingerprint density at radius 3 is 2.65 bits per heavy atom. The molecule has 1 saturated carbocycles. The lowest BCUT2D eigenvalue weighted by atomic mass is 9.91. The lowest BCUT2D eigenvalue weighted by Crippen LogP contribution is -2.42. The van der Waals surface area contributed by atoms with Crippen LogP contribution in [0.5, 0.6) is 0 Å². The van der Waals surface area contributed by atoms with Gasteiger partial charge in [0.1, 0.15) is 5.82 Å². The van der Waals surface area contributed by atoms with Gasteiger partial charge in [-0.25, -0.2) is 4.39 Å². The van der Waals surface area contributed by atoms with E-state index >= 15 is 0 Å². The van der Waals surface area contributed by atoms with E-state index in [2.05, 4.69) is 4.90 Å². The molecule has 0 aliphatic heterocycles. The minimum absolute atomic E-state index is 0.145. The predicted octanol–water partition coefficient (Wildman–Crippen LogP) is 2.40. The van der Waals surface area contributed by atoms with Crippen molar-refractivity contribution in [1.29, 1.82) is 0 Å². The smallest absolute Gasteiger partial charge is 0.126 e. The van der Waals surface area contributed by atoms with E-state index < -0.39 is 6.10 Å². The van der Waals surface area contributed by atoms with Crippen molar-refractivity contribution in [2.24, 2.45) is 0 Å². The van der Waals surface area contributed by atoms with Crippen molar-refractivity contribution in [3.8, 4) is 0 Å². The second-order valence-electron chi connectivity index (χ2n) is 5.66. The van der Waals surface area contributed by atoms with Crippen LogP contribution in [0, 0.1) is 12.7 Å². The van der Waals surface area contributed by atoms with E-state index in [1.807, 2.05) is 0 Å². The summed E-state index contributed by atoms with van der Waals surface area (Å²) in [6, 6.07) is 5.44. The van der Waals surface area contributed by atoms with E-state index in [9.17, 15) is 9.50 Å². The number of halogens is 1. The second-order valence-corrected chi connectivity index (χ2v) is 5.66. The molecule has 3 nitrogen and oxygen atoms in total. The van der Waals surface area contributed by atoms with Crippen LogP contribution in [0.15, 0.2) is 18.2 Å². The monoisotopic (exact) mass is 281 g/mol. The molecule has 4 heteroatoms. The number of hydrogen-bond acceptors (Lipinski definition) is 3. The van der Waals surface area contributed by atoms with Gasteiger partial charge in [0.25, 0.3) is 0 Å². The van der Waals surface area contributed by atoms with E-state index in [0.29, 0.717) is 30.1 Å². The van der Waals surface area contributed by atoms with Crippen molar-refractivity contribution < 1.29 is 14.6 Å². The lowest BCUT2D eigenvalue weighted by Gasteiger charge is -2.37. The fraction of sp³-hybridized carbons (Fsp3) is 0.625. The van der Waals surface area contributed by atoms with Crippen LogP contribution >= 0.6 is 0 Å².